The Hall–Kier alpha value is -1.67. The lowest BCUT2D eigenvalue weighted by Gasteiger charge is -2.09. The van der Waals surface area contributed by atoms with Gasteiger partial charge in [0.15, 0.2) is 4.90 Å². The molecular formula is C13H19N3O4S. The van der Waals surface area contributed by atoms with Gasteiger partial charge < -0.3 is 5.32 Å². The fourth-order valence-electron chi connectivity index (χ4n) is 2.21. The molecule has 0 bridgehead atoms. The van der Waals surface area contributed by atoms with E-state index < -0.39 is 20.6 Å². The van der Waals surface area contributed by atoms with Gasteiger partial charge >= 0.3 is 5.69 Å². The van der Waals surface area contributed by atoms with Crippen LogP contribution in [-0.4, -0.2) is 26.9 Å². The Bertz CT molecular complexity index is 626. The van der Waals surface area contributed by atoms with Gasteiger partial charge in [0.1, 0.15) is 5.69 Å². The maximum atomic E-state index is 12.2. The van der Waals surface area contributed by atoms with Crippen molar-refractivity contribution in [3.8, 4) is 0 Å². The highest BCUT2D eigenvalue weighted by Gasteiger charge is 2.28. The van der Waals surface area contributed by atoms with Crippen LogP contribution < -0.4 is 10.0 Å². The molecule has 0 spiro atoms. The lowest BCUT2D eigenvalue weighted by Crippen LogP contribution is -2.25. The van der Waals surface area contributed by atoms with Crippen LogP contribution in [0.4, 0.5) is 11.4 Å². The predicted molar refractivity (Wildman–Crippen MR) is 79.8 cm³/mol. The smallest absolute Gasteiger partial charge is 0.312 e. The van der Waals surface area contributed by atoms with Crippen molar-refractivity contribution in [1.82, 2.24) is 4.72 Å². The molecular weight excluding hydrogens is 294 g/mol. The molecule has 1 aliphatic rings. The molecule has 21 heavy (non-hydrogen) atoms. The molecule has 2 rings (SSSR count). The molecule has 0 radical (unpaired) electrons. The van der Waals surface area contributed by atoms with Crippen LogP contribution in [0.25, 0.3) is 0 Å². The lowest BCUT2D eigenvalue weighted by atomic mass is 10.2. The van der Waals surface area contributed by atoms with Gasteiger partial charge in [-0.2, -0.15) is 0 Å². The molecule has 0 heterocycles. The second-order valence-corrected chi connectivity index (χ2v) is 6.88. The van der Waals surface area contributed by atoms with Gasteiger partial charge in [-0.15, -0.1) is 0 Å². The van der Waals surface area contributed by atoms with E-state index in [9.17, 15) is 18.5 Å². The van der Waals surface area contributed by atoms with Gasteiger partial charge in [-0.1, -0.05) is 18.9 Å². The van der Waals surface area contributed by atoms with E-state index >= 15 is 0 Å². The van der Waals surface area contributed by atoms with Crippen LogP contribution in [-0.2, 0) is 10.0 Å². The van der Waals surface area contributed by atoms with Crippen LogP contribution in [0.5, 0.6) is 0 Å². The SMILES string of the molecule is CNc1cccc(S(=O)(=O)NCCCC2CC2)c1[N+](=O)[O-]. The first kappa shape index (κ1) is 15.7. The van der Waals surface area contributed by atoms with Crippen LogP contribution in [0.2, 0.25) is 0 Å². The number of sulfonamides is 1. The number of benzene rings is 1. The average molecular weight is 313 g/mol. The molecule has 0 saturated heterocycles. The zero-order valence-corrected chi connectivity index (χ0v) is 12.6. The van der Waals surface area contributed by atoms with Crippen LogP contribution in [0.3, 0.4) is 0 Å². The lowest BCUT2D eigenvalue weighted by molar-refractivity contribution is -0.386. The molecule has 0 unspecified atom stereocenters. The maximum absolute atomic E-state index is 12.2. The molecule has 0 atom stereocenters. The zero-order valence-electron chi connectivity index (χ0n) is 11.8. The topological polar surface area (TPSA) is 101 Å². The Morgan fingerprint density at radius 3 is 2.67 bits per heavy atom. The summed E-state index contributed by atoms with van der Waals surface area (Å²) in [5, 5.41) is 13.8. The number of hydrogen-bond acceptors (Lipinski definition) is 5. The fraction of sp³-hybridized carbons (Fsp3) is 0.538. The molecule has 0 aromatic heterocycles. The fourth-order valence-corrected chi connectivity index (χ4v) is 3.48. The van der Waals surface area contributed by atoms with E-state index in [1.165, 1.54) is 38.1 Å². The molecule has 0 aliphatic heterocycles. The monoisotopic (exact) mass is 313 g/mol. The molecule has 1 fully saturated rings. The first-order valence-corrected chi connectivity index (χ1v) is 8.39. The largest absolute Gasteiger partial charge is 0.383 e. The Labute approximate surface area is 123 Å². The van der Waals surface area contributed by atoms with E-state index in [1.807, 2.05) is 0 Å². The molecule has 2 N–H and O–H groups in total. The summed E-state index contributed by atoms with van der Waals surface area (Å²) in [5.41, 5.74) is -0.240. The van der Waals surface area contributed by atoms with Crippen LogP contribution >= 0.6 is 0 Å². The van der Waals surface area contributed by atoms with Gasteiger partial charge in [-0.25, -0.2) is 13.1 Å². The summed E-state index contributed by atoms with van der Waals surface area (Å²) < 4.78 is 26.9. The minimum Gasteiger partial charge on any atom is -0.383 e. The summed E-state index contributed by atoms with van der Waals surface area (Å²) in [6.45, 7) is 0.305. The van der Waals surface area contributed by atoms with Crippen LogP contribution in [0.15, 0.2) is 23.1 Å². The summed E-state index contributed by atoms with van der Waals surface area (Å²) in [7, 11) is -2.36. The van der Waals surface area contributed by atoms with Crippen molar-refractivity contribution >= 4 is 21.4 Å². The van der Waals surface area contributed by atoms with Crippen molar-refractivity contribution in [3.05, 3.63) is 28.3 Å². The second kappa shape index (κ2) is 6.40. The van der Waals surface area contributed by atoms with E-state index in [0.29, 0.717) is 6.54 Å². The van der Waals surface area contributed by atoms with E-state index in [0.717, 1.165) is 18.8 Å². The third-order valence-corrected chi connectivity index (χ3v) is 5.01. The first-order valence-electron chi connectivity index (χ1n) is 6.90. The summed E-state index contributed by atoms with van der Waals surface area (Å²) in [5.74, 6) is 0.733. The van der Waals surface area contributed by atoms with Crippen LogP contribution in [0, 0.1) is 16.0 Å². The van der Waals surface area contributed by atoms with Crippen molar-refractivity contribution in [1.29, 1.82) is 0 Å². The van der Waals surface area contributed by atoms with E-state index in [4.69, 9.17) is 0 Å². The number of nitrogens with zero attached hydrogens (tertiary/aromatic N) is 1. The first-order chi connectivity index (χ1) is 9.95. The Kier molecular flexibility index (Phi) is 4.79. The molecule has 8 heteroatoms. The van der Waals surface area contributed by atoms with Crippen molar-refractivity contribution in [2.24, 2.45) is 5.92 Å². The highest BCUT2D eigenvalue weighted by atomic mass is 32.2. The van der Waals surface area contributed by atoms with Gasteiger partial charge in [-0.3, -0.25) is 10.1 Å². The van der Waals surface area contributed by atoms with Crippen LogP contribution in [0.1, 0.15) is 25.7 Å². The Balaban J connectivity index is 2.15. The number of hydrogen-bond donors (Lipinski definition) is 2. The standard InChI is InChI=1S/C13H19N3O4S/c1-14-11-5-2-6-12(13(11)16(17)18)21(19,20)15-9-3-4-10-7-8-10/h2,5-6,10,14-15H,3-4,7-9H2,1H3. The zero-order chi connectivity index (χ0) is 15.5. The predicted octanol–water partition coefficient (Wildman–Crippen LogP) is 2.10. The summed E-state index contributed by atoms with van der Waals surface area (Å²) in [6, 6.07) is 4.21. The molecule has 1 aromatic carbocycles. The van der Waals surface area contributed by atoms with E-state index in [-0.39, 0.29) is 10.6 Å². The highest BCUT2D eigenvalue weighted by molar-refractivity contribution is 7.89. The average Bonchev–Trinajstić information content (AvgIpc) is 3.26. The number of nitrogens with one attached hydrogen (secondary N) is 2. The summed E-state index contributed by atoms with van der Waals surface area (Å²) in [6.07, 6.45) is 4.20. The normalized spacial score (nSPS) is 14.9. The molecule has 116 valence electrons. The summed E-state index contributed by atoms with van der Waals surface area (Å²) >= 11 is 0. The summed E-state index contributed by atoms with van der Waals surface area (Å²) in [4.78, 5) is 10.2. The van der Waals surface area contributed by atoms with Crippen molar-refractivity contribution in [3.63, 3.8) is 0 Å². The van der Waals surface area contributed by atoms with Gasteiger partial charge in [-0.05, 0) is 30.9 Å². The number of para-hydroxylation sites is 1. The van der Waals surface area contributed by atoms with E-state index in [1.54, 1.807) is 0 Å². The molecule has 1 aromatic rings. The van der Waals surface area contributed by atoms with E-state index in [2.05, 4.69) is 10.0 Å². The van der Waals surface area contributed by atoms with Gasteiger partial charge in [0.2, 0.25) is 10.0 Å². The maximum Gasteiger partial charge on any atom is 0.312 e. The Morgan fingerprint density at radius 1 is 1.38 bits per heavy atom. The molecule has 1 saturated carbocycles. The molecule has 7 nitrogen and oxygen atoms in total. The van der Waals surface area contributed by atoms with Crippen molar-refractivity contribution < 1.29 is 13.3 Å². The number of rotatable bonds is 8. The third kappa shape index (κ3) is 3.92. The number of nitro groups is 1. The molecule has 1 aliphatic carbocycles. The highest BCUT2D eigenvalue weighted by Crippen LogP contribution is 2.33. The quantitative estimate of drug-likeness (QED) is 0.435. The van der Waals surface area contributed by atoms with Crippen molar-refractivity contribution in [2.45, 2.75) is 30.6 Å². The van der Waals surface area contributed by atoms with Gasteiger partial charge in [0.25, 0.3) is 0 Å². The third-order valence-electron chi connectivity index (χ3n) is 3.52. The molecule has 0 amide bonds. The number of anilines is 1. The van der Waals surface area contributed by atoms with Gasteiger partial charge in [0.05, 0.1) is 4.92 Å². The van der Waals surface area contributed by atoms with Crippen molar-refractivity contribution in [2.75, 3.05) is 18.9 Å². The van der Waals surface area contributed by atoms with Gasteiger partial charge in [0, 0.05) is 13.6 Å². The Morgan fingerprint density at radius 2 is 2.10 bits per heavy atom. The minimum absolute atomic E-state index is 0.181. The minimum atomic E-state index is -3.88. The number of nitro benzene ring substituents is 1. The second-order valence-electron chi connectivity index (χ2n) is 5.14.